The molecule has 0 bridgehead atoms. The normalized spacial score (nSPS) is 17.7. The Hall–Kier alpha value is -0.0800. The summed E-state index contributed by atoms with van der Waals surface area (Å²) in [6, 6.07) is 0. The topological polar surface area (TPSA) is 32.3 Å². The molecule has 0 radical (unpaired) electrons. The Labute approximate surface area is 126 Å². The van der Waals surface area contributed by atoms with E-state index >= 15 is 0 Å². The fourth-order valence-electron chi connectivity index (χ4n) is 3.37. The molecule has 1 aliphatic rings. The maximum Gasteiger partial charge on any atom is 0.0667 e. The van der Waals surface area contributed by atoms with Crippen molar-refractivity contribution < 1.29 is 5.11 Å². The molecule has 0 amide bonds. The maximum absolute atomic E-state index is 9.97. The molecule has 0 aromatic carbocycles. The first-order valence-corrected chi connectivity index (χ1v) is 9.21. The van der Waals surface area contributed by atoms with Gasteiger partial charge >= 0.3 is 0 Å². The first-order chi connectivity index (χ1) is 9.83. The Bertz CT molecular complexity index is 202. The van der Waals surface area contributed by atoms with Crippen molar-refractivity contribution in [3.05, 3.63) is 0 Å². The van der Waals surface area contributed by atoms with Crippen LogP contribution in [0.2, 0.25) is 0 Å². The molecule has 0 spiro atoms. The van der Waals surface area contributed by atoms with Crippen LogP contribution in [0.4, 0.5) is 0 Å². The molecule has 1 atom stereocenters. The smallest absolute Gasteiger partial charge is 0.0667 e. The Morgan fingerprint density at radius 3 is 2.20 bits per heavy atom. The minimum absolute atomic E-state index is 0.118. The first-order valence-electron chi connectivity index (χ1n) is 9.21. The van der Waals surface area contributed by atoms with Crippen LogP contribution in [-0.2, 0) is 0 Å². The number of unbranched alkanes of at least 4 members (excludes halogenated alkanes) is 7. The molecule has 1 saturated carbocycles. The summed E-state index contributed by atoms with van der Waals surface area (Å²) in [6.07, 6.45) is 17.3. The molecular weight excluding hydrogens is 246 g/mol. The third-order valence-electron chi connectivity index (χ3n) is 4.67. The third-order valence-corrected chi connectivity index (χ3v) is 4.67. The fourth-order valence-corrected chi connectivity index (χ4v) is 3.37. The second-order valence-electron chi connectivity index (χ2n) is 6.72. The summed E-state index contributed by atoms with van der Waals surface area (Å²) in [5, 5.41) is 13.4. The van der Waals surface area contributed by atoms with E-state index in [4.69, 9.17) is 0 Å². The predicted molar refractivity (Wildman–Crippen MR) is 88.1 cm³/mol. The van der Waals surface area contributed by atoms with Gasteiger partial charge in [0.05, 0.1) is 6.10 Å². The number of hydrogen-bond acceptors (Lipinski definition) is 2. The van der Waals surface area contributed by atoms with E-state index in [2.05, 4.69) is 12.2 Å². The van der Waals surface area contributed by atoms with Crippen molar-refractivity contribution in [1.82, 2.24) is 5.32 Å². The van der Waals surface area contributed by atoms with E-state index in [1.54, 1.807) is 0 Å². The van der Waals surface area contributed by atoms with Crippen molar-refractivity contribution in [2.45, 2.75) is 96.5 Å². The summed E-state index contributed by atoms with van der Waals surface area (Å²) in [5.74, 6) is 0.801. The predicted octanol–water partition coefficient (Wildman–Crippen LogP) is 4.66. The monoisotopic (exact) mass is 283 g/mol. The molecule has 0 aromatic heterocycles. The second-order valence-corrected chi connectivity index (χ2v) is 6.72. The fraction of sp³-hybridized carbons (Fsp3) is 1.00. The number of rotatable bonds is 13. The molecule has 1 aliphatic carbocycles. The van der Waals surface area contributed by atoms with E-state index in [0.29, 0.717) is 0 Å². The minimum Gasteiger partial charge on any atom is -0.392 e. The van der Waals surface area contributed by atoms with Gasteiger partial charge in [0.25, 0.3) is 0 Å². The van der Waals surface area contributed by atoms with Crippen molar-refractivity contribution in [3.63, 3.8) is 0 Å². The van der Waals surface area contributed by atoms with E-state index in [-0.39, 0.29) is 6.10 Å². The number of aliphatic hydroxyl groups excluding tert-OH is 1. The molecule has 2 N–H and O–H groups in total. The largest absolute Gasteiger partial charge is 0.392 e. The van der Waals surface area contributed by atoms with Gasteiger partial charge in [-0.05, 0) is 25.3 Å². The van der Waals surface area contributed by atoms with E-state index in [9.17, 15) is 5.11 Å². The molecule has 0 heterocycles. The zero-order chi connectivity index (χ0) is 14.5. The molecule has 0 saturated heterocycles. The number of aliphatic hydroxyl groups is 1. The molecule has 0 aromatic rings. The van der Waals surface area contributed by atoms with Gasteiger partial charge in [-0.3, -0.25) is 0 Å². The average molecular weight is 284 g/mol. The van der Waals surface area contributed by atoms with Crippen LogP contribution >= 0.6 is 0 Å². The molecule has 1 fully saturated rings. The molecular formula is C18H37NO. The highest BCUT2D eigenvalue weighted by molar-refractivity contribution is 4.72. The van der Waals surface area contributed by atoms with Gasteiger partial charge in [-0.2, -0.15) is 0 Å². The summed E-state index contributed by atoms with van der Waals surface area (Å²) in [7, 11) is 0. The third kappa shape index (κ3) is 9.77. The van der Waals surface area contributed by atoms with Gasteiger partial charge in [0.2, 0.25) is 0 Å². The zero-order valence-electron chi connectivity index (χ0n) is 13.7. The summed E-state index contributed by atoms with van der Waals surface area (Å²) in [6.45, 7) is 4.15. The van der Waals surface area contributed by atoms with Gasteiger partial charge in [-0.15, -0.1) is 0 Å². The molecule has 1 rings (SSSR count). The Kier molecular flexibility index (Phi) is 11.4. The zero-order valence-corrected chi connectivity index (χ0v) is 13.7. The van der Waals surface area contributed by atoms with Crippen LogP contribution < -0.4 is 5.32 Å². The quantitative estimate of drug-likeness (QED) is 0.482. The van der Waals surface area contributed by atoms with Crippen LogP contribution in [0.15, 0.2) is 0 Å². The molecule has 20 heavy (non-hydrogen) atoms. The van der Waals surface area contributed by atoms with Crippen molar-refractivity contribution in [1.29, 1.82) is 0 Å². The highest BCUT2D eigenvalue weighted by Gasteiger charge is 2.18. The SMILES string of the molecule is CCCCCCCCCCNCC(O)CC1CCCC1. The van der Waals surface area contributed by atoms with Gasteiger partial charge < -0.3 is 10.4 Å². The van der Waals surface area contributed by atoms with Crippen molar-refractivity contribution in [3.8, 4) is 0 Å². The van der Waals surface area contributed by atoms with Crippen LogP contribution in [-0.4, -0.2) is 24.3 Å². The van der Waals surface area contributed by atoms with Crippen LogP contribution in [0.5, 0.6) is 0 Å². The highest BCUT2D eigenvalue weighted by Crippen LogP contribution is 2.28. The standard InChI is InChI=1S/C18H37NO/c1-2-3-4-5-6-7-8-11-14-19-16-18(20)15-17-12-9-10-13-17/h17-20H,2-16H2,1H3. The highest BCUT2D eigenvalue weighted by atomic mass is 16.3. The van der Waals surface area contributed by atoms with Gasteiger partial charge in [0.15, 0.2) is 0 Å². The second kappa shape index (κ2) is 12.6. The molecule has 2 heteroatoms. The molecule has 0 aliphatic heterocycles. The number of hydrogen-bond donors (Lipinski definition) is 2. The van der Waals surface area contributed by atoms with Crippen molar-refractivity contribution >= 4 is 0 Å². The van der Waals surface area contributed by atoms with Gasteiger partial charge in [-0.25, -0.2) is 0 Å². The lowest BCUT2D eigenvalue weighted by atomic mass is 10.00. The van der Waals surface area contributed by atoms with E-state index < -0.39 is 0 Å². The van der Waals surface area contributed by atoms with Crippen LogP contribution in [0.25, 0.3) is 0 Å². The van der Waals surface area contributed by atoms with E-state index in [0.717, 1.165) is 25.4 Å². The number of nitrogens with one attached hydrogen (secondary N) is 1. The Balaban J connectivity index is 1.77. The van der Waals surface area contributed by atoms with Gasteiger partial charge in [0.1, 0.15) is 0 Å². The van der Waals surface area contributed by atoms with Crippen LogP contribution in [0, 0.1) is 5.92 Å². The van der Waals surface area contributed by atoms with Crippen molar-refractivity contribution in [2.75, 3.05) is 13.1 Å². The first kappa shape index (κ1) is 18.0. The van der Waals surface area contributed by atoms with Crippen LogP contribution in [0.1, 0.15) is 90.4 Å². The molecule has 1 unspecified atom stereocenters. The van der Waals surface area contributed by atoms with Gasteiger partial charge in [-0.1, -0.05) is 77.6 Å². The summed E-state index contributed by atoms with van der Waals surface area (Å²) in [5.41, 5.74) is 0. The Morgan fingerprint density at radius 1 is 0.950 bits per heavy atom. The van der Waals surface area contributed by atoms with E-state index in [1.165, 1.54) is 77.0 Å². The van der Waals surface area contributed by atoms with E-state index in [1.807, 2.05) is 0 Å². The summed E-state index contributed by atoms with van der Waals surface area (Å²) >= 11 is 0. The molecule has 120 valence electrons. The van der Waals surface area contributed by atoms with Gasteiger partial charge in [0, 0.05) is 6.54 Å². The lowest BCUT2D eigenvalue weighted by molar-refractivity contribution is 0.141. The average Bonchev–Trinajstić information content (AvgIpc) is 2.93. The maximum atomic E-state index is 9.97. The van der Waals surface area contributed by atoms with Crippen LogP contribution in [0.3, 0.4) is 0 Å². The lowest BCUT2D eigenvalue weighted by Gasteiger charge is -2.15. The summed E-state index contributed by atoms with van der Waals surface area (Å²) < 4.78 is 0. The molecule has 2 nitrogen and oxygen atoms in total. The summed E-state index contributed by atoms with van der Waals surface area (Å²) in [4.78, 5) is 0. The Morgan fingerprint density at radius 2 is 1.55 bits per heavy atom. The minimum atomic E-state index is -0.118. The van der Waals surface area contributed by atoms with Crippen molar-refractivity contribution in [2.24, 2.45) is 5.92 Å². The lowest BCUT2D eigenvalue weighted by Crippen LogP contribution is -2.28.